The van der Waals surface area contributed by atoms with Crippen molar-refractivity contribution in [1.29, 1.82) is 0 Å². The summed E-state index contributed by atoms with van der Waals surface area (Å²) in [6.45, 7) is 7.09. The lowest BCUT2D eigenvalue weighted by molar-refractivity contribution is 0.140. The molecule has 1 saturated heterocycles. The zero-order valence-electron chi connectivity index (χ0n) is 7.41. The van der Waals surface area contributed by atoms with Crippen LogP contribution in [0.15, 0.2) is 12.7 Å². The SMILES string of the molecule is C=CCC1CC(C)(C)OS1(=O)=O. The van der Waals surface area contributed by atoms with Crippen molar-refractivity contribution in [2.45, 2.75) is 37.5 Å². The van der Waals surface area contributed by atoms with Crippen LogP contribution in [0.5, 0.6) is 0 Å². The van der Waals surface area contributed by atoms with E-state index < -0.39 is 21.0 Å². The van der Waals surface area contributed by atoms with E-state index in [0.29, 0.717) is 12.8 Å². The topological polar surface area (TPSA) is 43.4 Å². The Balaban J connectivity index is 2.85. The summed E-state index contributed by atoms with van der Waals surface area (Å²) in [6.07, 6.45) is 2.65. The Hall–Kier alpha value is -0.350. The first-order valence-corrected chi connectivity index (χ1v) is 5.40. The van der Waals surface area contributed by atoms with Crippen molar-refractivity contribution in [2.24, 2.45) is 0 Å². The third-order valence-electron chi connectivity index (χ3n) is 1.90. The van der Waals surface area contributed by atoms with Crippen LogP contribution in [0.1, 0.15) is 26.7 Å². The van der Waals surface area contributed by atoms with Gasteiger partial charge in [-0.2, -0.15) is 8.42 Å². The molecule has 0 aromatic rings. The monoisotopic (exact) mass is 190 g/mol. The maximum atomic E-state index is 11.3. The van der Waals surface area contributed by atoms with E-state index in [2.05, 4.69) is 6.58 Å². The molecule has 12 heavy (non-hydrogen) atoms. The van der Waals surface area contributed by atoms with E-state index in [9.17, 15) is 8.42 Å². The summed E-state index contributed by atoms with van der Waals surface area (Å²) in [5.74, 6) is 0. The molecule has 1 heterocycles. The zero-order chi connectivity index (χ0) is 9.41. The molecule has 1 fully saturated rings. The molecule has 0 bridgehead atoms. The first kappa shape index (κ1) is 9.74. The summed E-state index contributed by atoms with van der Waals surface area (Å²) in [5.41, 5.74) is -0.535. The summed E-state index contributed by atoms with van der Waals surface area (Å²) < 4.78 is 27.5. The molecule has 0 radical (unpaired) electrons. The first-order chi connectivity index (χ1) is 5.37. The van der Waals surface area contributed by atoms with Gasteiger partial charge in [-0.25, -0.2) is 0 Å². The van der Waals surface area contributed by atoms with Gasteiger partial charge in [0, 0.05) is 0 Å². The van der Waals surface area contributed by atoms with E-state index in [0.717, 1.165) is 0 Å². The fourth-order valence-corrected chi connectivity index (χ4v) is 3.26. The third-order valence-corrected chi connectivity index (χ3v) is 3.76. The van der Waals surface area contributed by atoms with Crippen molar-refractivity contribution in [3.05, 3.63) is 12.7 Å². The van der Waals surface area contributed by atoms with Crippen molar-refractivity contribution in [3.63, 3.8) is 0 Å². The van der Waals surface area contributed by atoms with Gasteiger partial charge in [0.2, 0.25) is 0 Å². The van der Waals surface area contributed by atoms with Crippen LogP contribution in [0.25, 0.3) is 0 Å². The van der Waals surface area contributed by atoms with Crippen LogP contribution < -0.4 is 0 Å². The summed E-state index contributed by atoms with van der Waals surface area (Å²) in [7, 11) is -3.33. The quantitative estimate of drug-likeness (QED) is 0.489. The molecule has 0 aromatic carbocycles. The maximum Gasteiger partial charge on any atom is 0.271 e. The fraction of sp³-hybridized carbons (Fsp3) is 0.750. The zero-order valence-corrected chi connectivity index (χ0v) is 8.23. The Morgan fingerprint density at radius 1 is 1.67 bits per heavy atom. The number of rotatable bonds is 2. The standard InChI is InChI=1S/C8H14O3S/c1-4-5-7-6-8(2,3)11-12(7,9)10/h4,7H,1,5-6H2,2-3H3. The summed E-state index contributed by atoms with van der Waals surface area (Å²) in [4.78, 5) is 0. The maximum absolute atomic E-state index is 11.3. The minimum Gasteiger partial charge on any atom is -0.264 e. The number of allylic oxidation sites excluding steroid dienone is 1. The highest BCUT2D eigenvalue weighted by molar-refractivity contribution is 7.87. The molecule has 1 atom stereocenters. The van der Waals surface area contributed by atoms with Crippen molar-refractivity contribution >= 4 is 10.1 Å². The van der Waals surface area contributed by atoms with Crippen LogP contribution in [0.4, 0.5) is 0 Å². The second-order valence-electron chi connectivity index (χ2n) is 3.69. The van der Waals surface area contributed by atoms with Gasteiger partial charge in [-0.3, -0.25) is 4.18 Å². The van der Waals surface area contributed by atoms with Crippen LogP contribution >= 0.6 is 0 Å². The smallest absolute Gasteiger partial charge is 0.264 e. The average Bonchev–Trinajstić information content (AvgIpc) is 2.01. The second-order valence-corrected chi connectivity index (χ2v) is 5.51. The van der Waals surface area contributed by atoms with Crippen LogP contribution in [-0.2, 0) is 14.3 Å². The van der Waals surface area contributed by atoms with Gasteiger partial charge in [-0.1, -0.05) is 6.08 Å². The Morgan fingerprint density at radius 3 is 2.58 bits per heavy atom. The van der Waals surface area contributed by atoms with Gasteiger partial charge >= 0.3 is 0 Å². The third kappa shape index (κ3) is 1.87. The Morgan fingerprint density at radius 2 is 2.25 bits per heavy atom. The lowest BCUT2D eigenvalue weighted by Crippen LogP contribution is -2.17. The molecular formula is C8H14O3S. The Bertz CT molecular complexity index is 277. The van der Waals surface area contributed by atoms with Crippen molar-refractivity contribution in [2.75, 3.05) is 0 Å². The lowest BCUT2D eigenvalue weighted by atomic mass is 10.0. The van der Waals surface area contributed by atoms with Gasteiger partial charge in [0.15, 0.2) is 0 Å². The Labute approximate surface area is 73.5 Å². The molecule has 4 heteroatoms. The molecule has 0 N–H and O–H groups in total. The van der Waals surface area contributed by atoms with Gasteiger partial charge in [-0.15, -0.1) is 6.58 Å². The highest BCUT2D eigenvalue weighted by atomic mass is 32.2. The van der Waals surface area contributed by atoms with Crippen LogP contribution in [0, 0.1) is 0 Å². The minimum atomic E-state index is -3.33. The molecule has 0 spiro atoms. The molecule has 0 aliphatic carbocycles. The van der Waals surface area contributed by atoms with Gasteiger partial charge in [0.05, 0.1) is 10.9 Å². The van der Waals surface area contributed by atoms with E-state index in [1.165, 1.54) is 0 Å². The second kappa shape index (κ2) is 2.85. The van der Waals surface area contributed by atoms with Crippen molar-refractivity contribution in [3.8, 4) is 0 Å². The predicted octanol–water partition coefficient (Wildman–Crippen LogP) is 1.46. The molecular weight excluding hydrogens is 176 g/mol. The van der Waals surface area contributed by atoms with E-state index in [-0.39, 0.29) is 0 Å². The predicted molar refractivity (Wildman–Crippen MR) is 47.3 cm³/mol. The first-order valence-electron chi connectivity index (χ1n) is 3.93. The van der Waals surface area contributed by atoms with E-state index >= 15 is 0 Å². The molecule has 0 saturated carbocycles. The highest BCUT2D eigenvalue weighted by Crippen LogP contribution is 2.34. The summed E-state index contributed by atoms with van der Waals surface area (Å²) >= 11 is 0. The molecule has 70 valence electrons. The van der Waals surface area contributed by atoms with Gasteiger partial charge < -0.3 is 0 Å². The molecule has 1 rings (SSSR count). The fourth-order valence-electron chi connectivity index (χ4n) is 1.45. The van der Waals surface area contributed by atoms with Crippen LogP contribution in [0.3, 0.4) is 0 Å². The average molecular weight is 190 g/mol. The molecule has 1 aliphatic heterocycles. The van der Waals surface area contributed by atoms with Crippen molar-refractivity contribution in [1.82, 2.24) is 0 Å². The molecule has 0 amide bonds. The van der Waals surface area contributed by atoms with Crippen molar-refractivity contribution < 1.29 is 12.6 Å². The molecule has 0 aromatic heterocycles. The van der Waals surface area contributed by atoms with Gasteiger partial charge in [0.1, 0.15) is 0 Å². The van der Waals surface area contributed by atoms with E-state index in [1.807, 2.05) is 0 Å². The van der Waals surface area contributed by atoms with Gasteiger partial charge in [0.25, 0.3) is 10.1 Å². The molecule has 1 unspecified atom stereocenters. The number of hydrogen-bond donors (Lipinski definition) is 0. The summed E-state index contributed by atoms with van der Waals surface area (Å²) in [6, 6.07) is 0. The van der Waals surface area contributed by atoms with E-state index in [1.54, 1.807) is 19.9 Å². The Kier molecular flexibility index (Phi) is 2.31. The summed E-state index contributed by atoms with van der Waals surface area (Å²) in [5, 5.41) is -0.398. The van der Waals surface area contributed by atoms with Crippen LogP contribution in [0.2, 0.25) is 0 Å². The van der Waals surface area contributed by atoms with Crippen LogP contribution in [-0.4, -0.2) is 19.3 Å². The number of hydrogen-bond acceptors (Lipinski definition) is 3. The molecule has 1 aliphatic rings. The largest absolute Gasteiger partial charge is 0.271 e. The normalized spacial score (nSPS) is 31.7. The lowest BCUT2D eigenvalue weighted by Gasteiger charge is -2.12. The highest BCUT2D eigenvalue weighted by Gasteiger charge is 2.43. The van der Waals surface area contributed by atoms with E-state index in [4.69, 9.17) is 4.18 Å². The van der Waals surface area contributed by atoms with Gasteiger partial charge in [-0.05, 0) is 26.7 Å². The molecule has 3 nitrogen and oxygen atoms in total. The minimum absolute atomic E-state index is 0.398.